The highest BCUT2D eigenvalue weighted by Crippen LogP contribution is 2.26. The van der Waals surface area contributed by atoms with Crippen molar-refractivity contribution in [2.75, 3.05) is 22.6 Å². The molecule has 20 heavy (non-hydrogen) atoms. The molecule has 1 unspecified atom stereocenters. The van der Waals surface area contributed by atoms with Gasteiger partial charge in [0.05, 0.1) is 5.56 Å². The van der Waals surface area contributed by atoms with E-state index in [1.165, 1.54) is 6.07 Å². The summed E-state index contributed by atoms with van der Waals surface area (Å²) in [6.07, 6.45) is 0.480. The van der Waals surface area contributed by atoms with Crippen molar-refractivity contribution in [2.24, 2.45) is 0 Å². The van der Waals surface area contributed by atoms with Gasteiger partial charge in [0.15, 0.2) is 0 Å². The highest BCUT2D eigenvalue weighted by atomic mass is 32.2. The number of carbonyl (C=O) groups is 2. The van der Waals surface area contributed by atoms with E-state index in [2.05, 4.69) is 5.32 Å². The SMILES string of the molecule is Cc1ccc(NC(=O)CC2CSCCS2)cc1C(=O)O. The number of carbonyl (C=O) groups excluding carboxylic acids is 1. The van der Waals surface area contributed by atoms with Crippen LogP contribution in [0.2, 0.25) is 0 Å². The Hall–Kier alpha value is -1.14. The Balaban J connectivity index is 1.96. The van der Waals surface area contributed by atoms with Crippen LogP contribution in [0.15, 0.2) is 18.2 Å². The van der Waals surface area contributed by atoms with E-state index in [4.69, 9.17) is 5.11 Å². The second-order valence-corrected chi connectivity index (χ2v) is 7.21. The normalized spacial score (nSPS) is 18.6. The first-order valence-corrected chi connectivity index (χ1v) is 8.60. The number of hydrogen-bond acceptors (Lipinski definition) is 4. The zero-order chi connectivity index (χ0) is 14.5. The van der Waals surface area contributed by atoms with Gasteiger partial charge < -0.3 is 10.4 Å². The minimum atomic E-state index is -0.974. The van der Waals surface area contributed by atoms with Gasteiger partial charge in [-0.2, -0.15) is 23.5 Å². The predicted molar refractivity (Wildman–Crippen MR) is 85.0 cm³/mol. The van der Waals surface area contributed by atoms with Gasteiger partial charge in [0.2, 0.25) is 5.91 Å². The molecule has 0 aromatic heterocycles. The minimum Gasteiger partial charge on any atom is -0.478 e. The fourth-order valence-corrected chi connectivity index (χ4v) is 4.68. The van der Waals surface area contributed by atoms with E-state index in [1.807, 2.05) is 23.5 Å². The van der Waals surface area contributed by atoms with Crippen molar-refractivity contribution >= 4 is 41.1 Å². The van der Waals surface area contributed by atoms with Gasteiger partial charge in [-0.1, -0.05) is 6.07 Å². The van der Waals surface area contributed by atoms with Crippen molar-refractivity contribution < 1.29 is 14.7 Å². The number of hydrogen-bond donors (Lipinski definition) is 2. The topological polar surface area (TPSA) is 66.4 Å². The summed E-state index contributed by atoms with van der Waals surface area (Å²) >= 11 is 3.72. The van der Waals surface area contributed by atoms with Crippen LogP contribution < -0.4 is 5.32 Å². The first-order chi connectivity index (χ1) is 9.56. The lowest BCUT2D eigenvalue weighted by Crippen LogP contribution is -2.22. The van der Waals surface area contributed by atoms with E-state index in [0.29, 0.717) is 22.9 Å². The summed E-state index contributed by atoms with van der Waals surface area (Å²) in [4.78, 5) is 23.0. The molecule has 0 spiro atoms. The number of carboxylic acids is 1. The second kappa shape index (κ2) is 7.04. The van der Waals surface area contributed by atoms with E-state index in [-0.39, 0.29) is 11.5 Å². The largest absolute Gasteiger partial charge is 0.478 e. The van der Waals surface area contributed by atoms with Gasteiger partial charge in [-0.05, 0) is 24.6 Å². The second-order valence-electron chi connectivity index (χ2n) is 4.65. The van der Waals surface area contributed by atoms with Crippen LogP contribution in [0.3, 0.4) is 0 Å². The number of thioether (sulfide) groups is 2. The summed E-state index contributed by atoms with van der Waals surface area (Å²) in [5.74, 6) is 2.23. The molecule has 1 saturated heterocycles. The number of nitrogens with one attached hydrogen (secondary N) is 1. The molecule has 1 amide bonds. The minimum absolute atomic E-state index is 0.0507. The van der Waals surface area contributed by atoms with E-state index >= 15 is 0 Å². The summed E-state index contributed by atoms with van der Waals surface area (Å²) < 4.78 is 0. The van der Waals surface area contributed by atoms with Crippen molar-refractivity contribution in [3.05, 3.63) is 29.3 Å². The molecule has 4 nitrogen and oxygen atoms in total. The van der Waals surface area contributed by atoms with Gasteiger partial charge in [-0.15, -0.1) is 0 Å². The van der Waals surface area contributed by atoms with Gasteiger partial charge >= 0.3 is 5.97 Å². The third-order valence-electron chi connectivity index (χ3n) is 3.05. The quantitative estimate of drug-likeness (QED) is 0.895. The zero-order valence-corrected chi connectivity index (χ0v) is 12.9. The number of rotatable bonds is 4. The summed E-state index contributed by atoms with van der Waals surface area (Å²) in [5.41, 5.74) is 1.46. The monoisotopic (exact) mass is 311 g/mol. The standard InChI is InChI=1S/C14H17NO3S2/c1-9-2-3-10(6-12(9)14(17)18)15-13(16)7-11-8-19-4-5-20-11/h2-3,6,11H,4-5,7-8H2,1H3,(H,15,16)(H,17,18). The van der Waals surface area contributed by atoms with E-state index in [9.17, 15) is 9.59 Å². The van der Waals surface area contributed by atoms with Gasteiger partial charge in [-0.3, -0.25) is 4.79 Å². The molecule has 1 aromatic carbocycles. The van der Waals surface area contributed by atoms with Crippen LogP contribution in [-0.4, -0.2) is 39.5 Å². The molecule has 0 aliphatic carbocycles. The lowest BCUT2D eigenvalue weighted by atomic mass is 10.1. The Morgan fingerprint density at radius 3 is 2.85 bits per heavy atom. The molecule has 0 radical (unpaired) electrons. The van der Waals surface area contributed by atoms with Crippen molar-refractivity contribution in [3.8, 4) is 0 Å². The van der Waals surface area contributed by atoms with E-state index < -0.39 is 5.97 Å². The number of aryl methyl sites for hydroxylation is 1. The number of carboxylic acid groups (broad SMARTS) is 1. The number of amides is 1. The van der Waals surface area contributed by atoms with E-state index in [0.717, 1.165) is 17.3 Å². The number of benzene rings is 1. The smallest absolute Gasteiger partial charge is 0.336 e. The molecule has 1 fully saturated rings. The molecule has 1 aliphatic heterocycles. The highest BCUT2D eigenvalue weighted by molar-refractivity contribution is 8.06. The number of anilines is 1. The molecule has 6 heteroatoms. The van der Waals surface area contributed by atoms with Crippen LogP contribution in [0.5, 0.6) is 0 Å². The Morgan fingerprint density at radius 1 is 1.40 bits per heavy atom. The Morgan fingerprint density at radius 2 is 2.20 bits per heavy atom. The van der Waals surface area contributed by atoms with Crippen molar-refractivity contribution in [3.63, 3.8) is 0 Å². The van der Waals surface area contributed by atoms with Crippen LogP contribution in [0.1, 0.15) is 22.3 Å². The molecule has 1 aliphatic rings. The summed E-state index contributed by atoms with van der Waals surface area (Å²) in [6.45, 7) is 1.74. The molecule has 108 valence electrons. The fourth-order valence-electron chi connectivity index (χ4n) is 2.00. The van der Waals surface area contributed by atoms with Gasteiger partial charge in [0, 0.05) is 34.6 Å². The van der Waals surface area contributed by atoms with Crippen LogP contribution in [0.25, 0.3) is 0 Å². The zero-order valence-electron chi connectivity index (χ0n) is 11.2. The average molecular weight is 311 g/mol. The van der Waals surface area contributed by atoms with Gasteiger partial charge in [-0.25, -0.2) is 4.79 Å². The lowest BCUT2D eigenvalue weighted by Gasteiger charge is -2.20. The van der Waals surface area contributed by atoms with Crippen molar-refractivity contribution in [1.29, 1.82) is 0 Å². The third kappa shape index (κ3) is 4.18. The van der Waals surface area contributed by atoms with Gasteiger partial charge in [0.25, 0.3) is 0 Å². The maximum Gasteiger partial charge on any atom is 0.336 e. The fraction of sp³-hybridized carbons (Fsp3) is 0.429. The molecule has 0 bridgehead atoms. The molecular weight excluding hydrogens is 294 g/mol. The van der Waals surface area contributed by atoms with Crippen LogP contribution in [0.4, 0.5) is 5.69 Å². The Labute approximate surface area is 126 Å². The third-order valence-corrected chi connectivity index (χ3v) is 5.89. The van der Waals surface area contributed by atoms with Crippen LogP contribution >= 0.6 is 23.5 Å². The first kappa shape index (κ1) is 15.3. The molecule has 1 heterocycles. The van der Waals surface area contributed by atoms with Gasteiger partial charge in [0.1, 0.15) is 0 Å². The Kier molecular flexibility index (Phi) is 5.37. The molecule has 2 N–H and O–H groups in total. The maximum absolute atomic E-state index is 12.0. The van der Waals surface area contributed by atoms with E-state index in [1.54, 1.807) is 19.1 Å². The number of aromatic carboxylic acids is 1. The van der Waals surface area contributed by atoms with Crippen molar-refractivity contribution in [2.45, 2.75) is 18.6 Å². The molecule has 1 atom stereocenters. The van der Waals surface area contributed by atoms with Crippen molar-refractivity contribution in [1.82, 2.24) is 0 Å². The molecule has 0 saturated carbocycles. The molecule has 2 rings (SSSR count). The van der Waals surface area contributed by atoms with Crippen LogP contribution in [0, 0.1) is 6.92 Å². The molecule has 1 aromatic rings. The average Bonchev–Trinajstić information content (AvgIpc) is 2.41. The highest BCUT2D eigenvalue weighted by Gasteiger charge is 2.18. The molecular formula is C14H17NO3S2. The van der Waals surface area contributed by atoms with Crippen LogP contribution in [-0.2, 0) is 4.79 Å². The Bertz CT molecular complexity index is 513. The first-order valence-electron chi connectivity index (χ1n) is 6.39. The summed E-state index contributed by atoms with van der Waals surface area (Å²) in [6, 6.07) is 4.96. The summed E-state index contributed by atoms with van der Waals surface area (Å²) in [7, 11) is 0. The predicted octanol–water partition coefficient (Wildman–Crippen LogP) is 2.87. The maximum atomic E-state index is 12.0. The lowest BCUT2D eigenvalue weighted by molar-refractivity contribution is -0.116. The summed E-state index contributed by atoms with van der Waals surface area (Å²) in [5, 5.41) is 12.2.